The van der Waals surface area contributed by atoms with Gasteiger partial charge in [-0.1, -0.05) is 0 Å². The number of aromatic nitrogens is 3. The van der Waals surface area contributed by atoms with Crippen LogP contribution in [-0.4, -0.2) is 41.1 Å². The van der Waals surface area contributed by atoms with Crippen molar-refractivity contribution < 1.29 is 13.2 Å². The Morgan fingerprint density at radius 1 is 0.808 bits per heavy atom. The Bertz CT molecular complexity index is 915. The second kappa shape index (κ2) is 6.44. The zero-order chi connectivity index (χ0) is 18.1. The Labute approximate surface area is 148 Å². The molecule has 0 N–H and O–H groups in total. The predicted octanol–water partition coefficient (Wildman–Crippen LogP) is 3.37. The highest BCUT2D eigenvalue weighted by Gasteiger charge is 2.31. The van der Waals surface area contributed by atoms with E-state index in [0.717, 1.165) is 28.9 Å². The summed E-state index contributed by atoms with van der Waals surface area (Å²) in [6.45, 7) is 2.52. The van der Waals surface area contributed by atoms with E-state index >= 15 is 0 Å². The van der Waals surface area contributed by atoms with Crippen molar-refractivity contribution in [2.45, 2.75) is 6.18 Å². The third-order valence-corrected chi connectivity index (χ3v) is 4.49. The van der Waals surface area contributed by atoms with E-state index in [2.05, 4.69) is 19.9 Å². The van der Waals surface area contributed by atoms with Gasteiger partial charge in [-0.15, -0.1) is 0 Å². The molecule has 0 saturated carbocycles. The predicted molar refractivity (Wildman–Crippen MR) is 93.2 cm³/mol. The van der Waals surface area contributed by atoms with E-state index in [9.17, 15) is 13.2 Å². The summed E-state index contributed by atoms with van der Waals surface area (Å²) in [7, 11) is 0. The molecule has 134 valence electrons. The molecule has 0 radical (unpaired) electrons. The van der Waals surface area contributed by atoms with Crippen LogP contribution in [0, 0.1) is 0 Å². The highest BCUT2D eigenvalue weighted by Crippen LogP contribution is 2.31. The number of nitrogens with zero attached hydrogens (tertiary/aromatic N) is 5. The van der Waals surface area contributed by atoms with Crippen LogP contribution in [0.1, 0.15) is 5.56 Å². The molecule has 0 spiro atoms. The summed E-state index contributed by atoms with van der Waals surface area (Å²) in [6, 6.07) is 7.78. The molecule has 0 aliphatic carbocycles. The molecule has 3 aromatic rings. The van der Waals surface area contributed by atoms with Crippen LogP contribution in [-0.2, 0) is 6.18 Å². The standard InChI is InChI=1S/C18H16F3N5/c19-18(20,21)13-3-6-23-16(12-13)26-10-8-25(9-11-26)15-4-7-22-14-2-1-5-24-17(14)15/h1-7,12H,8-11H2. The summed E-state index contributed by atoms with van der Waals surface area (Å²) in [5.41, 5.74) is 1.98. The molecule has 0 unspecified atom stereocenters. The minimum absolute atomic E-state index is 0.359. The van der Waals surface area contributed by atoms with Gasteiger partial charge in [0.2, 0.25) is 0 Å². The van der Waals surface area contributed by atoms with Gasteiger partial charge in [0.1, 0.15) is 11.3 Å². The van der Waals surface area contributed by atoms with Crippen LogP contribution in [0.5, 0.6) is 0 Å². The number of hydrogen-bond acceptors (Lipinski definition) is 5. The lowest BCUT2D eigenvalue weighted by atomic mass is 10.2. The maximum atomic E-state index is 12.9. The first-order valence-electron chi connectivity index (χ1n) is 8.25. The summed E-state index contributed by atoms with van der Waals surface area (Å²) in [5, 5.41) is 0. The van der Waals surface area contributed by atoms with E-state index in [4.69, 9.17) is 0 Å². The van der Waals surface area contributed by atoms with Gasteiger partial charge in [0, 0.05) is 44.8 Å². The number of halogens is 3. The van der Waals surface area contributed by atoms with E-state index in [1.165, 1.54) is 6.20 Å². The normalized spacial score (nSPS) is 15.5. The van der Waals surface area contributed by atoms with Crippen LogP contribution in [0.2, 0.25) is 0 Å². The van der Waals surface area contributed by atoms with E-state index in [-0.39, 0.29) is 0 Å². The zero-order valence-electron chi connectivity index (χ0n) is 13.8. The minimum Gasteiger partial charge on any atom is -0.366 e. The van der Waals surface area contributed by atoms with E-state index in [1.807, 2.05) is 23.1 Å². The number of fused-ring (bicyclic) bond motifs is 1. The first kappa shape index (κ1) is 16.6. The molecule has 1 aliphatic rings. The second-order valence-corrected chi connectivity index (χ2v) is 6.08. The van der Waals surface area contributed by atoms with Gasteiger partial charge in [-0.2, -0.15) is 13.2 Å². The van der Waals surface area contributed by atoms with Crippen LogP contribution < -0.4 is 9.80 Å². The minimum atomic E-state index is -4.36. The van der Waals surface area contributed by atoms with Gasteiger partial charge in [0.15, 0.2) is 0 Å². The quantitative estimate of drug-likeness (QED) is 0.702. The SMILES string of the molecule is FC(F)(F)c1ccnc(N2CCN(c3ccnc4cccnc34)CC2)c1. The fraction of sp³-hybridized carbons (Fsp3) is 0.278. The Morgan fingerprint density at radius 2 is 1.54 bits per heavy atom. The summed E-state index contributed by atoms with van der Waals surface area (Å²) < 4.78 is 38.7. The highest BCUT2D eigenvalue weighted by atomic mass is 19.4. The van der Waals surface area contributed by atoms with E-state index in [0.29, 0.717) is 32.0 Å². The highest BCUT2D eigenvalue weighted by molar-refractivity contribution is 5.87. The van der Waals surface area contributed by atoms with Crippen molar-refractivity contribution in [3.8, 4) is 0 Å². The number of alkyl halides is 3. The van der Waals surface area contributed by atoms with Crippen molar-refractivity contribution in [2.24, 2.45) is 0 Å². The topological polar surface area (TPSA) is 45.2 Å². The van der Waals surface area contributed by atoms with E-state index < -0.39 is 11.7 Å². The number of anilines is 2. The summed E-state index contributed by atoms with van der Waals surface area (Å²) in [6.07, 6.45) is 0.336. The number of rotatable bonds is 2. The molecule has 0 bridgehead atoms. The Kier molecular flexibility index (Phi) is 4.10. The van der Waals surface area contributed by atoms with Gasteiger partial charge < -0.3 is 9.80 Å². The molecule has 1 aliphatic heterocycles. The average molecular weight is 359 g/mol. The Hall–Kier alpha value is -2.90. The molecule has 0 aromatic carbocycles. The molecule has 8 heteroatoms. The van der Waals surface area contributed by atoms with Crippen LogP contribution in [0.4, 0.5) is 24.7 Å². The van der Waals surface area contributed by atoms with Gasteiger partial charge in [-0.05, 0) is 30.3 Å². The molecular weight excluding hydrogens is 343 g/mol. The van der Waals surface area contributed by atoms with Crippen molar-refractivity contribution in [3.63, 3.8) is 0 Å². The summed E-state index contributed by atoms with van der Waals surface area (Å²) >= 11 is 0. The number of piperazine rings is 1. The first-order chi connectivity index (χ1) is 12.5. The lowest BCUT2D eigenvalue weighted by Gasteiger charge is -2.37. The molecule has 0 amide bonds. The Morgan fingerprint density at radius 3 is 2.31 bits per heavy atom. The molecule has 1 fully saturated rings. The monoisotopic (exact) mass is 359 g/mol. The molecule has 4 rings (SSSR count). The molecule has 0 atom stereocenters. The van der Waals surface area contributed by atoms with Gasteiger partial charge in [-0.25, -0.2) is 4.98 Å². The maximum absolute atomic E-state index is 12.9. The first-order valence-corrected chi connectivity index (χ1v) is 8.25. The third-order valence-electron chi connectivity index (χ3n) is 4.49. The summed E-state index contributed by atoms with van der Waals surface area (Å²) in [5.74, 6) is 0.359. The van der Waals surface area contributed by atoms with Crippen molar-refractivity contribution in [2.75, 3.05) is 36.0 Å². The van der Waals surface area contributed by atoms with Crippen molar-refractivity contribution in [1.29, 1.82) is 0 Å². The molecule has 1 saturated heterocycles. The Balaban J connectivity index is 1.53. The van der Waals surface area contributed by atoms with Gasteiger partial charge in [0.05, 0.1) is 16.8 Å². The third kappa shape index (κ3) is 3.14. The average Bonchev–Trinajstić information content (AvgIpc) is 2.67. The summed E-state index contributed by atoms with van der Waals surface area (Å²) in [4.78, 5) is 16.9. The zero-order valence-corrected chi connectivity index (χ0v) is 13.8. The fourth-order valence-corrected chi connectivity index (χ4v) is 3.16. The molecule has 4 heterocycles. The lowest BCUT2D eigenvalue weighted by molar-refractivity contribution is -0.137. The van der Waals surface area contributed by atoms with E-state index in [1.54, 1.807) is 12.4 Å². The molecular formula is C18H16F3N5. The van der Waals surface area contributed by atoms with Crippen molar-refractivity contribution in [1.82, 2.24) is 15.0 Å². The van der Waals surface area contributed by atoms with Gasteiger partial charge >= 0.3 is 6.18 Å². The van der Waals surface area contributed by atoms with Gasteiger partial charge in [0.25, 0.3) is 0 Å². The number of pyridine rings is 3. The molecule has 26 heavy (non-hydrogen) atoms. The maximum Gasteiger partial charge on any atom is 0.416 e. The largest absolute Gasteiger partial charge is 0.416 e. The van der Waals surface area contributed by atoms with Crippen molar-refractivity contribution in [3.05, 3.63) is 54.5 Å². The van der Waals surface area contributed by atoms with Crippen molar-refractivity contribution >= 4 is 22.5 Å². The number of hydrogen-bond donors (Lipinski definition) is 0. The molecule has 5 nitrogen and oxygen atoms in total. The van der Waals surface area contributed by atoms with Gasteiger partial charge in [-0.3, -0.25) is 9.97 Å². The molecule has 3 aromatic heterocycles. The fourth-order valence-electron chi connectivity index (χ4n) is 3.16. The second-order valence-electron chi connectivity index (χ2n) is 6.08. The van der Waals surface area contributed by atoms with Crippen LogP contribution in [0.15, 0.2) is 48.9 Å². The van der Waals surface area contributed by atoms with Crippen LogP contribution in [0.3, 0.4) is 0 Å². The smallest absolute Gasteiger partial charge is 0.366 e. The van der Waals surface area contributed by atoms with Crippen LogP contribution in [0.25, 0.3) is 11.0 Å². The lowest BCUT2D eigenvalue weighted by Crippen LogP contribution is -2.47. The van der Waals surface area contributed by atoms with Crippen LogP contribution >= 0.6 is 0 Å².